The molecule has 0 aliphatic heterocycles. The average Bonchev–Trinajstić information content (AvgIpc) is 2.50. The van der Waals surface area contributed by atoms with Crippen molar-refractivity contribution in [3.63, 3.8) is 0 Å². The zero-order chi connectivity index (χ0) is 18.1. The van der Waals surface area contributed by atoms with E-state index in [4.69, 9.17) is 15.2 Å². The van der Waals surface area contributed by atoms with Crippen molar-refractivity contribution < 1.29 is 19.1 Å². The number of rotatable bonds is 4. The van der Waals surface area contributed by atoms with Gasteiger partial charge in [0.2, 0.25) is 0 Å². The van der Waals surface area contributed by atoms with Crippen molar-refractivity contribution in [2.45, 2.75) is 40.0 Å². The summed E-state index contributed by atoms with van der Waals surface area (Å²) < 4.78 is 10.5. The minimum Gasteiger partial charge on any atom is -0.423 e. The van der Waals surface area contributed by atoms with Gasteiger partial charge in [-0.05, 0) is 29.3 Å². The summed E-state index contributed by atoms with van der Waals surface area (Å²) in [5.41, 5.74) is 7.53. The SMILES string of the molecule is CC(=O)Oc1cc2ccc(C(C)(C)CN)cc2c(C)c1OC(C)=O.Cl. The minimum atomic E-state index is -0.469. The lowest BCUT2D eigenvalue weighted by atomic mass is 9.83. The van der Waals surface area contributed by atoms with Gasteiger partial charge in [-0.2, -0.15) is 0 Å². The number of ether oxygens (including phenoxy) is 2. The quantitative estimate of drug-likeness (QED) is 0.660. The fourth-order valence-corrected chi connectivity index (χ4v) is 2.56. The second-order valence-electron chi connectivity index (χ2n) is 6.54. The standard InChI is InChI=1S/C19H23NO4.ClH/c1-11-16-9-15(19(4,5)10-20)7-6-14(16)8-17(23-12(2)21)18(11)24-13(3)22;/h6-9H,10,20H2,1-5H3;1H. The highest BCUT2D eigenvalue weighted by atomic mass is 35.5. The van der Waals surface area contributed by atoms with Crippen molar-refractivity contribution in [3.8, 4) is 11.5 Å². The molecule has 2 aromatic carbocycles. The number of benzene rings is 2. The molecule has 0 spiro atoms. The van der Waals surface area contributed by atoms with Crippen LogP contribution in [-0.2, 0) is 15.0 Å². The summed E-state index contributed by atoms with van der Waals surface area (Å²) in [5, 5.41) is 1.83. The smallest absolute Gasteiger partial charge is 0.308 e. The molecule has 2 N–H and O–H groups in total. The highest BCUT2D eigenvalue weighted by Crippen LogP contribution is 2.39. The normalized spacial score (nSPS) is 11.0. The Morgan fingerprint density at radius 1 is 1.08 bits per heavy atom. The third-order valence-corrected chi connectivity index (χ3v) is 4.10. The van der Waals surface area contributed by atoms with Crippen molar-refractivity contribution in [1.82, 2.24) is 0 Å². The second kappa shape index (κ2) is 7.85. The Morgan fingerprint density at radius 3 is 2.20 bits per heavy atom. The molecule has 0 fully saturated rings. The first-order valence-corrected chi connectivity index (χ1v) is 7.80. The fraction of sp³-hybridized carbons (Fsp3) is 0.368. The van der Waals surface area contributed by atoms with Crippen molar-refractivity contribution in [2.24, 2.45) is 5.73 Å². The van der Waals surface area contributed by atoms with Crippen LogP contribution in [0.2, 0.25) is 0 Å². The summed E-state index contributed by atoms with van der Waals surface area (Å²) in [5.74, 6) is -0.422. The van der Waals surface area contributed by atoms with Crippen LogP contribution in [0.4, 0.5) is 0 Å². The largest absolute Gasteiger partial charge is 0.423 e. The summed E-state index contributed by atoms with van der Waals surface area (Å²) >= 11 is 0. The number of hydrogen-bond donors (Lipinski definition) is 1. The molecule has 0 aliphatic carbocycles. The molecule has 2 aromatic rings. The van der Waals surface area contributed by atoms with Gasteiger partial charge in [0.15, 0.2) is 11.5 Å². The van der Waals surface area contributed by atoms with Crippen LogP contribution in [0.25, 0.3) is 10.8 Å². The first-order chi connectivity index (χ1) is 11.2. The van der Waals surface area contributed by atoms with E-state index in [0.29, 0.717) is 6.54 Å². The summed E-state index contributed by atoms with van der Waals surface area (Å²) in [7, 11) is 0. The Bertz CT molecular complexity index is 815. The van der Waals surface area contributed by atoms with Gasteiger partial charge in [-0.15, -0.1) is 12.4 Å². The summed E-state index contributed by atoms with van der Waals surface area (Å²) in [4.78, 5) is 22.8. The van der Waals surface area contributed by atoms with Crippen LogP contribution < -0.4 is 15.2 Å². The van der Waals surface area contributed by atoms with E-state index in [1.54, 1.807) is 6.07 Å². The average molecular weight is 366 g/mol. The lowest BCUT2D eigenvalue weighted by Crippen LogP contribution is -2.27. The number of nitrogens with two attached hydrogens (primary N) is 1. The van der Waals surface area contributed by atoms with Crippen LogP contribution in [0, 0.1) is 6.92 Å². The summed E-state index contributed by atoms with van der Waals surface area (Å²) in [6.45, 7) is 9.12. The van der Waals surface area contributed by atoms with Crippen LogP contribution in [0.5, 0.6) is 11.5 Å². The molecule has 25 heavy (non-hydrogen) atoms. The molecule has 0 unspecified atom stereocenters. The van der Waals surface area contributed by atoms with Gasteiger partial charge in [-0.25, -0.2) is 0 Å². The Morgan fingerprint density at radius 2 is 1.68 bits per heavy atom. The Balaban J connectivity index is 0.00000312. The number of fused-ring (bicyclic) bond motifs is 1. The Kier molecular flexibility index (Phi) is 6.57. The van der Waals surface area contributed by atoms with Crippen LogP contribution >= 0.6 is 12.4 Å². The second-order valence-corrected chi connectivity index (χ2v) is 6.54. The van der Waals surface area contributed by atoms with Gasteiger partial charge in [-0.3, -0.25) is 9.59 Å². The van der Waals surface area contributed by atoms with E-state index < -0.39 is 11.9 Å². The zero-order valence-electron chi connectivity index (χ0n) is 15.1. The molecule has 0 saturated heterocycles. The van der Waals surface area contributed by atoms with E-state index in [-0.39, 0.29) is 29.3 Å². The van der Waals surface area contributed by atoms with Crippen LogP contribution in [0.15, 0.2) is 24.3 Å². The third-order valence-electron chi connectivity index (χ3n) is 4.10. The number of halogens is 1. The molecule has 0 amide bonds. The highest BCUT2D eigenvalue weighted by Gasteiger charge is 2.21. The first-order valence-electron chi connectivity index (χ1n) is 7.80. The van der Waals surface area contributed by atoms with Gasteiger partial charge < -0.3 is 15.2 Å². The van der Waals surface area contributed by atoms with Crippen LogP contribution in [0.1, 0.15) is 38.8 Å². The monoisotopic (exact) mass is 365 g/mol. The molecule has 2 rings (SSSR count). The van der Waals surface area contributed by atoms with Gasteiger partial charge in [0.25, 0.3) is 0 Å². The topological polar surface area (TPSA) is 78.6 Å². The van der Waals surface area contributed by atoms with Gasteiger partial charge >= 0.3 is 11.9 Å². The first kappa shape index (κ1) is 20.9. The van der Waals surface area contributed by atoms with E-state index >= 15 is 0 Å². The molecule has 6 heteroatoms. The van der Waals surface area contributed by atoms with Gasteiger partial charge in [-0.1, -0.05) is 32.0 Å². The van der Waals surface area contributed by atoms with Gasteiger partial charge in [0.05, 0.1) is 0 Å². The number of hydrogen-bond acceptors (Lipinski definition) is 5. The molecule has 0 saturated carbocycles. The van der Waals surface area contributed by atoms with Crippen molar-refractivity contribution in [3.05, 3.63) is 35.4 Å². The van der Waals surface area contributed by atoms with Crippen molar-refractivity contribution >= 4 is 35.1 Å². The molecule has 0 aliphatic rings. The lowest BCUT2D eigenvalue weighted by Gasteiger charge is -2.24. The maximum absolute atomic E-state index is 11.4. The Hall–Kier alpha value is -2.11. The minimum absolute atomic E-state index is 0. The van der Waals surface area contributed by atoms with E-state index in [1.165, 1.54) is 13.8 Å². The number of aryl methyl sites for hydroxylation is 1. The summed E-state index contributed by atoms with van der Waals surface area (Å²) in [6, 6.07) is 7.72. The van der Waals surface area contributed by atoms with E-state index in [9.17, 15) is 9.59 Å². The lowest BCUT2D eigenvalue weighted by molar-refractivity contribution is -0.134. The predicted molar refractivity (Wildman–Crippen MR) is 101 cm³/mol. The molecule has 0 heterocycles. The zero-order valence-corrected chi connectivity index (χ0v) is 16.0. The predicted octanol–water partition coefficient (Wildman–Crippen LogP) is 3.66. The maximum Gasteiger partial charge on any atom is 0.308 e. The number of carbonyl (C=O) groups is 2. The van der Waals surface area contributed by atoms with Gasteiger partial charge in [0.1, 0.15) is 0 Å². The summed E-state index contributed by atoms with van der Waals surface area (Å²) in [6.07, 6.45) is 0. The molecule has 0 radical (unpaired) electrons. The molecular formula is C19H24ClNO4. The van der Waals surface area contributed by atoms with Crippen molar-refractivity contribution in [2.75, 3.05) is 6.54 Å². The Labute approximate surface area is 153 Å². The van der Waals surface area contributed by atoms with E-state index in [1.807, 2.05) is 25.1 Å². The molecule has 5 nitrogen and oxygen atoms in total. The van der Waals surface area contributed by atoms with Crippen LogP contribution in [-0.4, -0.2) is 18.5 Å². The van der Waals surface area contributed by atoms with Crippen LogP contribution in [0.3, 0.4) is 0 Å². The van der Waals surface area contributed by atoms with E-state index in [2.05, 4.69) is 13.8 Å². The van der Waals surface area contributed by atoms with Crippen molar-refractivity contribution in [1.29, 1.82) is 0 Å². The van der Waals surface area contributed by atoms with Gasteiger partial charge in [0, 0.05) is 31.4 Å². The number of carbonyl (C=O) groups excluding carboxylic acids is 2. The molecule has 0 atom stereocenters. The van der Waals surface area contributed by atoms with E-state index in [0.717, 1.165) is 21.9 Å². The maximum atomic E-state index is 11.4. The third kappa shape index (κ3) is 4.50. The highest BCUT2D eigenvalue weighted by molar-refractivity contribution is 5.92. The molecule has 0 aromatic heterocycles. The molecule has 136 valence electrons. The fourth-order valence-electron chi connectivity index (χ4n) is 2.56. The number of esters is 2. The molecular weight excluding hydrogens is 342 g/mol. The molecule has 0 bridgehead atoms.